The highest BCUT2D eigenvalue weighted by Crippen LogP contribution is 2.19. The first-order valence-electron chi connectivity index (χ1n) is 9.42. The summed E-state index contributed by atoms with van der Waals surface area (Å²) in [5.74, 6) is 0.884. The fraction of sp³-hybridized carbons (Fsp3) is 0.500. The molecule has 3 rings (SSSR count). The summed E-state index contributed by atoms with van der Waals surface area (Å²) in [6.07, 6.45) is 1.12. The lowest BCUT2D eigenvalue weighted by Gasteiger charge is -2.20. The van der Waals surface area contributed by atoms with Crippen LogP contribution < -0.4 is 15.5 Å². The van der Waals surface area contributed by atoms with Gasteiger partial charge in [-0.05, 0) is 39.3 Å². The van der Waals surface area contributed by atoms with Crippen molar-refractivity contribution in [1.82, 2.24) is 20.4 Å². The molecule has 2 heterocycles. The Bertz CT molecular complexity index is 755. The lowest BCUT2D eigenvalue weighted by Crippen LogP contribution is -2.44. The number of hydrogen-bond donors (Lipinski definition) is 2. The zero-order chi connectivity index (χ0) is 18.5. The highest BCUT2D eigenvalue weighted by Gasteiger charge is 2.23. The van der Waals surface area contributed by atoms with Crippen molar-refractivity contribution in [2.75, 3.05) is 24.5 Å². The van der Waals surface area contributed by atoms with E-state index in [0.29, 0.717) is 12.6 Å². The molecular formula is C20H31IN6. The van der Waals surface area contributed by atoms with Crippen LogP contribution in [0.3, 0.4) is 0 Å². The molecule has 0 amide bonds. The van der Waals surface area contributed by atoms with Crippen LogP contribution >= 0.6 is 24.0 Å². The van der Waals surface area contributed by atoms with Crippen LogP contribution in [-0.4, -0.2) is 41.4 Å². The SMILES string of the molecule is CCNC(=NCc1c(C)nn(C)c1C)NC1CCN(c2ccccc2)C1.I. The minimum atomic E-state index is 0. The number of benzene rings is 1. The maximum atomic E-state index is 4.80. The first-order valence-corrected chi connectivity index (χ1v) is 9.42. The second-order valence-electron chi connectivity index (χ2n) is 6.88. The second kappa shape index (κ2) is 9.96. The van der Waals surface area contributed by atoms with Gasteiger partial charge >= 0.3 is 0 Å². The molecule has 7 heteroatoms. The van der Waals surface area contributed by atoms with Gasteiger partial charge in [-0.2, -0.15) is 5.10 Å². The van der Waals surface area contributed by atoms with Gasteiger partial charge in [0, 0.05) is 49.7 Å². The van der Waals surface area contributed by atoms with Gasteiger partial charge in [-0.1, -0.05) is 18.2 Å². The summed E-state index contributed by atoms with van der Waals surface area (Å²) in [5, 5.41) is 11.5. The first kappa shape index (κ1) is 21.5. The average Bonchev–Trinajstić information content (AvgIpc) is 3.19. The van der Waals surface area contributed by atoms with Crippen LogP contribution in [0.5, 0.6) is 0 Å². The Morgan fingerprint density at radius 1 is 1.26 bits per heavy atom. The van der Waals surface area contributed by atoms with Gasteiger partial charge in [-0.3, -0.25) is 4.68 Å². The summed E-state index contributed by atoms with van der Waals surface area (Å²) in [5.41, 5.74) is 4.74. The molecule has 0 bridgehead atoms. The van der Waals surface area contributed by atoms with E-state index in [2.05, 4.69) is 64.8 Å². The summed E-state index contributed by atoms with van der Waals surface area (Å²) >= 11 is 0. The fourth-order valence-corrected chi connectivity index (χ4v) is 3.47. The molecule has 148 valence electrons. The minimum Gasteiger partial charge on any atom is -0.369 e. The lowest BCUT2D eigenvalue weighted by molar-refractivity contribution is 0.649. The number of aliphatic imine (C=N–C) groups is 1. The van der Waals surface area contributed by atoms with E-state index >= 15 is 0 Å². The van der Waals surface area contributed by atoms with Crippen molar-refractivity contribution in [3.63, 3.8) is 0 Å². The molecule has 0 spiro atoms. The molecule has 1 aliphatic rings. The third kappa shape index (κ3) is 5.37. The van der Waals surface area contributed by atoms with E-state index in [1.807, 2.05) is 18.7 Å². The Morgan fingerprint density at radius 2 is 2.00 bits per heavy atom. The topological polar surface area (TPSA) is 57.5 Å². The summed E-state index contributed by atoms with van der Waals surface area (Å²) in [7, 11) is 1.98. The predicted molar refractivity (Wildman–Crippen MR) is 123 cm³/mol. The molecule has 1 atom stereocenters. The average molecular weight is 482 g/mol. The highest BCUT2D eigenvalue weighted by molar-refractivity contribution is 14.0. The summed E-state index contributed by atoms with van der Waals surface area (Å²) < 4.78 is 1.93. The molecule has 1 saturated heterocycles. The van der Waals surface area contributed by atoms with Gasteiger partial charge in [0.05, 0.1) is 12.2 Å². The summed E-state index contributed by atoms with van der Waals surface area (Å²) in [6.45, 7) is 9.82. The number of nitrogens with one attached hydrogen (secondary N) is 2. The molecule has 1 aromatic carbocycles. The molecule has 0 aliphatic carbocycles. The van der Waals surface area contributed by atoms with Gasteiger partial charge in [0.15, 0.2) is 5.96 Å². The lowest BCUT2D eigenvalue weighted by atomic mass is 10.2. The van der Waals surface area contributed by atoms with Crippen LogP contribution in [-0.2, 0) is 13.6 Å². The second-order valence-corrected chi connectivity index (χ2v) is 6.88. The molecule has 0 saturated carbocycles. The smallest absolute Gasteiger partial charge is 0.191 e. The molecule has 1 aliphatic heterocycles. The number of aromatic nitrogens is 2. The fourth-order valence-electron chi connectivity index (χ4n) is 3.47. The van der Waals surface area contributed by atoms with Crippen LogP contribution in [0.2, 0.25) is 0 Å². The first-order chi connectivity index (χ1) is 12.6. The van der Waals surface area contributed by atoms with E-state index in [9.17, 15) is 0 Å². The number of halogens is 1. The molecule has 2 N–H and O–H groups in total. The van der Waals surface area contributed by atoms with Gasteiger partial charge in [0.1, 0.15) is 0 Å². The maximum Gasteiger partial charge on any atom is 0.191 e. The van der Waals surface area contributed by atoms with Crippen LogP contribution in [0.25, 0.3) is 0 Å². The predicted octanol–water partition coefficient (Wildman–Crippen LogP) is 2.99. The standard InChI is InChI=1S/C20H30N6.HI/c1-5-21-20(22-13-19-15(2)24-25(4)16(19)3)23-17-11-12-26(14-17)18-9-7-6-8-10-18;/h6-10,17H,5,11-14H2,1-4H3,(H2,21,22,23);1H. The number of guanidine groups is 1. The Hall–Kier alpha value is -1.77. The molecule has 2 aromatic rings. The quantitative estimate of drug-likeness (QED) is 0.391. The third-order valence-corrected chi connectivity index (χ3v) is 5.05. The zero-order valence-electron chi connectivity index (χ0n) is 16.7. The van der Waals surface area contributed by atoms with Gasteiger partial charge < -0.3 is 15.5 Å². The van der Waals surface area contributed by atoms with Crippen LogP contribution in [0.15, 0.2) is 35.3 Å². The Balaban J connectivity index is 0.00000261. The number of anilines is 1. The van der Waals surface area contributed by atoms with E-state index in [1.165, 1.54) is 16.9 Å². The molecule has 1 unspecified atom stereocenters. The van der Waals surface area contributed by atoms with Crippen LogP contribution in [0.1, 0.15) is 30.3 Å². The highest BCUT2D eigenvalue weighted by atomic mass is 127. The van der Waals surface area contributed by atoms with Crippen molar-refractivity contribution in [3.8, 4) is 0 Å². The summed E-state index contributed by atoms with van der Waals surface area (Å²) in [6, 6.07) is 11.0. The van der Waals surface area contributed by atoms with Crippen molar-refractivity contribution in [3.05, 3.63) is 47.3 Å². The molecule has 1 aromatic heterocycles. The van der Waals surface area contributed by atoms with Gasteiger partial charge in [-0.25, -0.2) is 4.99 Å². The number of aryl methyl sites for hydroxylation is 2. The van der Waals surface area contributed by atoms with Crippen LogP contribution in [0.4, 0.5) is 5.69 Å². The van der Waals surface area contributed by atoms with Crippen molar-refractivity contribution in [1.29, 1.82) is 0 Å². The van der Waals surface area contributed by atoms with E-state index in [0.717, 1.165) is 37.7 Å². The number of nitrogens with zero attached hydrogens (tertiary/aromatic N) is 4. The van der Waals surface area contributed by atoms with Crippen molar-refractivity contribution in [2.45, 2.75) is 39.8 Å². The zero-order valence-corrected chi connectivity index (χ0v) is 19.0. The third-order valence-electron chi connectivity index (χ3n) is 5.05. The molecule has 0 radical (unpaired) electrons. The van der Waals surface area contributed by atoms with Crippen LogP contribution in [0, 0.1) is 13.8 Å². The van der Waals surface area contributed by atoms with E-state index in [1.54, 1.807) is 0 Å². The number of hydrogen-bond acceptors (Lipinski definition) is 3. The minimum absolute atomic E-state index is 0. The van der Waals surface area contributed by atoms with Crippen molar-refractivity contribution < 1.29 is 0 Å². The molecule has 27 heavy (non-hydrogen) atoms. The van der Waals surface area contributed by atoms with Gasteiger partial charge in [-0.15, -0.1) is 24.0 Å². The Morgan fingerprint density at radius 3 is 2.63 bits per heavy atom. The summed E-state index contributed by atoms with van der Waals surface area (Å²) in [4.78, 5) is 7.23. The van der Waals surface area contributed by atoms with Crippen molar-refractivity contribution in [2.24, 2.45) is 12.0 Å². The van der Waals surface area contributed by atoms with Gasteiger partial charge in [0.25, 0.3) is 0 Å². The van der Waals surface area contributed by atoms with Gasteiger partial charge in [0.2, 0.25) is 0 Å². The van der Waals surface area contributed by atoms with Crippen molar-refractivity contribution >= 4 is 35.6 Å². The Kier molecular flexibility index (Phi) is 7.94. The molecular weight excluding hydrogens is 451 g/mol. The van der Waals surface area contributed by atoms with E-state index in [-0.39, 0.29) is 24.0 Å². The van der Waals surface area contributed by atoms with E-state index in [4.69, 9.17) is 4.99 Å². The monoisotopic (exact) mass is 482 g/mol. The molecule has 1 fully saturated rings. The normalized spacial score (nSPS) is 17.0. The Labute approximate surface area is 179 Å². The largest absolute Gasteiger partial charge is 0.369 e. The number of para-hydroxylation sites is 1. The number of rotatable bonds is 5. The van der Waals surface area contributed by atoms with E-state index < -0.39 is 0 Å². The molecule has 6 nitrogen and oxygen atoms in total. The maximum absolute atomic E-state index is 4.80.